The van der Waals surface area contributed by atoms with Crippen LogP contribution >= 0.6 is 0 Å². The topological polar surface area (TPSA) is 97.7 Å². The Balaban J connectivity index is 1.88. The minimum Gasteiger partial charge on any atom is -0.761 e. The number of carbonyl (C=O) groups excluding carboxylic acids is 3. The number of benzene rings is 3. The summed E-state index contributed by atoms with van der Waals surface area (Å²) in [7, 11) is 0. The molecule has 6 heteroatoms. The molecule has 30 heavy (non-hydrogen) atoms. The fourth-order valence-corrected chi connectivity index (χ4v) is 4.14. The van der Waals surface area contributed by atoms with Gasteiger partial charge in [0.25, 0.3) is 0 Å². The molecule has 0 bridgehead atoms. The number of hydroxylamine groups is 2. The molecule has 0 unspecified atom stereocenters. The minimum absolute atomic E-state index is 0.0606. The summed E-state index contributed by atoms with van der Waals surface area (Å²) in [6.07, 6.45) is -0.307. The molecule has 1 N–H and O–H groups in total. The highest BCUT2D eigenvalue weighted by Crippen LogP contribution is 2.45. The third-order valence-electron chi connectivity index (χ3n) is 5.60. The molecular formula is C24H18NO5-. The Morgan fingerprint density at radius 2 is 1.30 bits per heavy atom. The highest BCUT2D eigenvalue weighted by atomic mass is 16.8. The number of nitrogens with zero attached hydrogens (tertiary/aromatic N) is 1. The van der Waals surface area contributed by atoms with E-state index >= 15 is 0 Å². The van der Waals surface area contributed by atoms with Gasteiger partial charge >= 0.3 is 0 Å². The first-order valence-electron chi connectivity index (χ1n) is 9.46. The molecule has 0 saturated carbocycles. The number of rotatable bonds is 6. The van der Waals surface area contributed by atoms with Crippen molar-refractivity contribution in [3.8, 4) is 0 Å². The van der Waals surface area contributed by atoms with Crippen LogP contribution in [0.1, 0.15) is 49.0 Å². The molecule has 3 aromatic carbocycles. The van der Waals surface area contributed by atoms with Crippen LogP contribution in [0.3, 0.4) is 0 Å². The standard InChI is InChI=1S/C24H18NO5/c26-21(17-11-5-2-6-12-17)15-20(16-9-3-1-4-10-16)24(25(29)30)22(27)18-13-7-8-14-19(18)23(24)28/h1-14,20,29H,15H2/q-1/t20-/m0/s1. The Kier molecular flexibility index (Phi) is 5.13. The summed E-state index contributed by atoms with van der Waals surface area (Å²) < 4.78 is 0. The maximum Gasteiger partial charge on any atom is 0.193 e. The molecule has 0 aromatic heterocycles. The Labute approximate surface area is 172 Å². The third kappa shape index (κ3) is 2.98. The molecule has 4 rings (SSSR count). The second-order valence-corrected chi connectivity index (χ2v) is 7.20. The van der Waals surface area contributed by atoms with Gasteiger partial charge in [-0.25, -0.2) is 5.23 Å². The van der Waals surface area contributed by atoms with Gasteiger partial charge in [-0.3, -0.25) is 14.4 Å². The predicted octanol–water partition coefficient (Wildman–Crippen LogP) is 4.05. The Hall–Kier alpha value is -3.45. The van der Waals surface area contributed by atoms with Gasteiger partial charge in [0.1, 0.15) is 0 Å². The molecule has 0 amide bonds. The lowest BCUT2D eigenvalue weighted by Crippen LogP contribution is -2.57. The molecule has 0 spiro atoms. The zero-order chi connectivity index (χ0) is 21.3. The van der Waals surface area contributed by atoms with Gasteiger partial charge in [0.2, 0.25) is 0 Å². The first kappa shape index (κ1) is 19.8. The van der Waals surface area contributed by atoms with Crippen molar-refractivity contribution in [3.63, 3.8) is 0 Å². The lowest BCUT2D eigenvalue weighted by atomic mass is 9.73. The third-order valence-corrected chi connectivity index (χ3v) is 5.60. The maximum absolute atomic E-state index is 13.4. The van der Waals surface area contributed by atoms with Crippen LogP contribution in [0.4, 0.5) is 0 Å². The van der Waals surface area contributed by atoms with Gasteiger partial charge in [-0.05, 0) is 5.56 Å². The van der Waals surface area contributed by atoms with E-state index in [1.807, 2.05) is 0 Å². The Morgan fingerprint density at radius 1 is 0.833 bits per heavy atom. The summed E-state index contributed by atoms with van der Waals surface area (Å²) >= 11 is 0. The molecule has 3 aromatic rings. The lowest BCUT2D eigenvalue weighted by Gasteiger charge is -2.43. The largest absolute Gasteiger partial charge is 0.761 e. The SMILES string of the molecule is O=C(C[C@@H](c1ccccc1)C1(N([O-])O)C(=O)c2ccccc2C1=O)c1ccccc1. The quantitative estimate of drug-likeness (QED) is 0.381. The average molecular weight is 400 g/mol. The van der Waals surface area contributed by atoms with E-state index in [2.05, 4.69) is 0 Å². The van der Waals surface area contributed by atoms with Gasteiger partial charge in [-0.2, -0.15) is 0 Å². The first-order chi connectivity index (χ1) is 14.5. The molecule has 0 saturated heterocycles. The number of hydrogen-bond acceptors (Lipinski definition) is 6. The highest BCUT2D eigenvalue weighted by molar-refractivity contribution is 6.33. The molecule has 1 aliphatic rings. The summed E-state index contributed by atoms with van der Waals surface area (Å²) in [6.45, 7) is 0. The van der Waals surface area contributed by atoms with Crippen molar-refractivity contribution in [1.29, 1.82) is 0 Å². The van der Waals surface area contributed by atoms with E-state index in [0.29, 0.717) is 11.1 Å². The summed E-state index contributed by atoms with van der Waals surface area (Å²) in [5.74, 6) is -3.14. The molecule has 150 valence electrons. The van der Waals surface area contributed by atoms with E-state index in [1.54, 1.807) is 72.8 Å². The van der Waals surface area contributed by atoms with Crippen molar-refractivity contribution >= 4 is 17.3 Å². The highest BCUT2D eigenvalue weighted by Gasteiger charge is 2.59. The van der Waals surface area contributed by atoms with Crippen LogP contribution in [0.2, 0.25) is 0 Å². The van der Waals surface area contributed by atoms with Crippen LogP contribution in [0.5, 0.6) is 0 Å². The molecule has 0 aliphatic heterocycles. The van der Waals surface area contributed by atoms with Crippen LogP contribution in [-0.2, 0) is 0 Å². The van der Waals surface area contributed by atoms with Gasteiger partial charge in [0, 0.05) is 29.0 Å². The van der Waals surface area contributed by atoms with Crippen LogP contribution < -0.4 is 0 Å². The monoisotopic (exact) mass is 400 g/mol. The molecular weight excluding hydrogens is 382 g/mol. The van der Waals surface area contributed by atoms with Gasteiger partial charge < -0.3 is 10.4 Å². The van der Waals surface area contributed by atoms with Crippen LogP contribution in [0, 0.1) is 5.21 Å². The van der Waals surface area contributed by atoms with E-state index in [-0.39, 0.29) is 23.3 Å². The molecule has 0 radical (unpaired) electrons. The van der Waals surface area contributed by atoms with Gasteiger partial charge in [0.05, 0.1) is 0 Å². The van der Waals surface area contributed by atoms with Gasteiger partial charge in [0.15, 0.2) is 22.9 Å². The Bertz CT molecular complexity index is 1070. The molecule has 0 fully saturated rings. The number of hydrogen-bond donors (Lipinski definition) is 1. The zero-order valence-electron chi connectivity index (χ0n) is 15.9. The lowest BCUT2D eigenvalue weighted by molar-refractivity contribution is -0.104. The van der Waals surface area contributed by atoms with Crippen LogP contribution in [-0.4, -0.2) is 33.3 Å². The summed E-state index contributed by atoms with van der Waals surface area (Å²) in [6, 6.07) is 22.9. The number of Topliss-reactive ketones (excluding diaryl/α,β-unsaturated/α-hetero) is 3. The molecule has 6 nitrogen and oxygen atoms in total. The van der Waals surface area contributed by atoms with E-state index < -0.39 is 28.2 Å². The van der Waals surface area contributed by atoms with Crippen molar-refractivity contribution in [1.82, 2.24) is 5.23 Å². The van der Waals surface area contributed by atoms with Crippen LogP contribution in [0.15, 0.2) is 84.9 Å². The fraction of sp³-hybridized carbons (Fsp3) is 0.125. The van der Waals surface area contributed by atoms with Gasteiger partial charge in [-0.15, -0.1) is 0 Å². The van der Waals surface area contributed by atoms with E-state index in [0.717, 1.165) is 0 Å². The van der Waals surface area contributed by atoms with Crippen molar-refractivity contribution in [2.24, 2.45) is 0 Å². The zero-order valence-corrected chi connectivity index (χ0v) is 15.9. The molecule has 1 atom stereocenters. The van der Waals surface area contributed by atoms with Crippen LogP contribution in [0.25, 0.3) is 0 Å². The Morgan fingerprint density at radius 3 is 1.80 bits per heavy atom. The minimum atomic E-state index is -2.46. The number of ketones is 3. The van der Waals surface area contributed by atoms with E-state index in [4.69, 9.17) is 0 Å². The van der Waals surface area contributed by atoms with Crippen molar-refractivity contribution in [3.05, 3.63) is 112 Å². The van der Waals surface area contributed by atoms with E-state index in [1.165, 1.54) is 12.1 Å². The number of carbonyl (C=O) groups is 3. The van der Waals surface area contributed by atoms with Gasteiger partial charge in [-0.1, -0.05) is 84.9 Å². The normalized spacial score (nSPS) is 15.8. The second kappa shape index (κ2) is 7.76. The smallest absolute Gasteiger partial charge is 0.193 e. The molecule has 0 heterocycles. The first-order valence-corrected chi connectivity index (χ1v) is 9.46. The summed E-state index contributed by atoms with van der Waals surface area (Å²) in [5.41, 5.74) is -1.52. The predicted molar refractivity (Wildman–Crippen MR) is 109 cm³/mol. The van der Waals surface area contributed by atoms with Crippen molar-refractivity contribution < 1.29 is 19.6 Å². The maximum atomic E-state index is 13.4. The molecule has 1 aliphatic carbocycles. The number of fused-ring (bicyclic) bond motifs is 1. The average Bonchev–Trinajstić information content (AvgIpc) is 3.01. The second-order valence-electron chi connectivity index (χ2n) is 7.20. The summed E-state index contributed by atoms with van der Waals surface area (Å²) in [4.78, 5) is 39.8. The van der Waals surface area contributed by atoms with E-state index in [9.17, 15) is 24.8 Å². The fourth-order valence-electron chi connectivity index (χ4n) is 4.14. The van der Waals surface area contributed by atoms with Crippen molar-refractivity contribution in [2.45, 2.75) is 17.9 Å². The summed E-state index contributed by atoms with van der Waals surface area (Å²) in [5, 5.41) is 22.1. The van der Waals surface area contributed by atoms with Crippen molar-refractivity contribution in [2.75, 3.05) is 0 Å².